The Morgan fingerprint density at radius 2 is 2.00 bits per heavy atom. The number of carbonyl (C=O) groups is 1. The molecule has 0 fully saturated rings. The first-order valence-electron chi connectivity index (χ1n) is 8.17. The van der Waals surface area contributed by atoms with Gasteiger partial charge in [-0.2, -0.15) is 0 Å². The largest absolute Gasteiger partial charge is 0.367 e. The van der Waals surface area contributed by atoms with Crippen LogP contribution in [0.2, 0.25) is 0 Å². The molecule has 1 heterocycles. The fourth-order valence-corrected chi connectivity index (χ4v) is 3.13. The van der Waals surface area contributed by atoms with E-state index in [9.17, 15) is 4.79 Å². The smallest absolute Gasteiger partial charge is 0.252 e. The molecule has 2 aromatic carbocycles. The van der Waals surface area contributed by atoms with Gasteiger partial charge in [-0.3, -0.25) is 4.79 Å². The van der Waals surface area contributed by atoms with Crippen LogP contribution in [0.3, 0.4) is 0 Å². The maximum Gasteiger partial charge on any atom is 0.252 e. The van der Waals surface area contributed by atoms with E-state index in [2.05, 4.69) is 38.1 Å². The lowest BCUT2D eigenvalue weighted by atomic mass is 10.0. The maximum absolute atomic E-state index is 12.5. The van der Waals surface area contributed by atoms with Crippen LogP contribution < -0.4 is 4.90 Å². The van der Waals surface area contributed by atoms with E-state index < -0.39 is 0 Å². The molecule has 3 nitrogen and oxygen atoms in total. The Bertz CT molecular complexity index is 709. The topological polar surface area (TPSA) is 29.5 Å². The summed E-state index contributed by atoms with van der Waals surface area (Å²) in [7, 11) is 0. The van der Waals surface area contributed by atoms with Gasteiger partial charge < -0.3 is 9.64 Å². The van der Waals surface area contributed by atoms with Crippen LogP contribution in [0.15, 0.2) is 42.5 Å². The highest BCUT2D eigenvalue weighted by atomic mass is 16.5. The van der Waals surface area contributed by atoms with E-state index in [0.29, 0.717) is 6.61 Å². The molecular weight excluding hydrogens is 286 g/mol. The number of aryl methyl sites for hydroxylation is 3. The van der Waals surface area contributed by atoms with Crippen molar-refractivity contribution in [3.63, 3.8) is 0 Å². The van der Waals surface area contributed by atoms with Crippen LogP contribution in [0.25, 0.3) is 0 Å². The number of amides is 1. The molecule has 0 spiro atoms. The standard InChI is InChI=1S/C20H23NO2/c1-15-9-10-18(16(2)12-15)13-23-14-20(22)21-11-5-7-17-6-3-4-8-19(17)21/h3-4,6,8-10,12H,5,7,11,13-14H2,1-2H3. The van der Waals surface area contributed by atoms with Gasteiger partial charge in [-0.25, -0.2) is 0 Å². The number of hydrogen-bond donors (Lipinski definition) is 0. The lowest BCUT2D eigenvalue weighted by molar-refractivity contribution is -0.123. The summed E-state index contributed by atoms with van der Waals surface area (Å²) < 4.78 is 5.68. The van der Waals surface area contributed by atoms with Crippen LogP contribution in [0.4, 0.5) is 5.69 Å². The second-order valence-electron chi connectivity index (χ2n) is 6.20. The molecule has 0 N–H and O–H groups in total. The Kier molecular flexibility index (Phi) is 4.77. The summed E-state index contributed by atoms with van der Waals surface area (Å²) in [6.45, 7) is 5.54. The Morgan fingerprint density at radius 3 is 2.83 bits per heavy atom. The minimum absolute atomic E-state index is 0.0434. The van der Waals surface area contributed by atoms with Crippen molar-refractivity contribution in [3.05, 3.63) is 64.7 Å². The van der Waals surface area contributed by atoms with Crippen LogP contribution in [-0.4, -0.2) is 19.1 Å². The highest BCUT2D eigenvalue weighted by Gasteiger charge is 2.21. The van der Waals surface area contributed by atoms with Gasteiger partial charge in [0.2, 0.25) is 0 Å². The number of hydrogen-bond acceptors (Lipinski definition) is 2. The second kappa shape index (κ2) is 6.97. The highest BCUT2D eigenvalue weighted by Crippen LogP contribution is 2.26. The molecule has 120 valence electrons. The van der Waals surface area contributed by atoms with Crippen molar-refractivity contribution in [1.82, 2.24) is 0 Å². The van der Waals surface area contributed by atoms with Gasteiger partial charge >= 0.3 is 0 Å². The lowest BCUT2D eigenvalue weighted by Crippen LogP contribution is -2.37. The summed E-state index contributed by atoms with van der Waals surface area (Å²) in [5, 5.41) is 0. The zero-order valence-corrected chi connectivity index (χ0v) is 13.8. The molecule has 1 aliphatic heterocycles. The SMILES string of the molecule is Cc1ccc(COCC(=O)N2CCCc3ccccc32)c(C)c1. The Morgan fingerprint density at radius 1 is 1.17 bits per heavy atom. The molecule has 0 saturated heterocycles. The molecule has 0 radical (unpaired) electrons. The number of para-hydroxylation sites is 1. The molecular formula is C20H23NO2. The summed E-state index contributed by atoms with van der Waals surface area (Å²) in [6.07, 6.45) is 2.06. The predicted molar refractivity (Wildman–Crippen MR) is 92.7 cm³/mol. The Labute approximate surface area is 137 Å². The number of anilines is 1. The summed E-state index contributed by atoms with van der Waals surface area (Å²) in [6, 6.07) is 14.4. The molecule has 0 unspecified atom stereocenters. The third kappa shape index (κ3) is 3.62. The summed E-state index contributed by atoms with van der Waals surface area (Å²) >= 11 is 0. The van der Waals surface area contributed by atoms with Crippen LogP contribution in [0.1, 0.15) is 28.7 Å². The van der Waals surface area contributed by atoms with Crippen molar-refractivity contribution < 1.29 is 9.53 Å². The van der Waals surface area contributed by atoms with Crippen LogP contribution >= 0.6 is 0 Å². The van der Waals surface area contributed by atoms with E-state index in [1.54, 1.807) is 0 Å². The van der Waals surface area contributed by atoms with Gasteiger partial charge in [0, 0.05) is 12.2 Å². The average molecular weight is 309 g/mol. The first-order valence-corrected chi connectivity index (χ1v) is 8.17. The number of ether oxygens (including phenoxy) is 1. The molecule has 0 saturated carbocycles. The van der Waals surface area contributed by atoms with Crippen LogP contribution in [-0.2, 0) is 22.6 Å². The first-order chi connectivity index (χ1) is 11.1. The summed E-state index contributed by atoms with van der Waals surface area (Å²) in [5.74, 6) is 0.0434. The van der Waals surface area contributed by atoms with Crippen LogP contribution in [0.5, 0.6) is 0 Å². The van der Waals surface area contributed by atoms with Crippen molar-refractivity contribution in [2.45, 2.75) is 33.3 Å². The summed E-state index contributed by atoms with van der Waals surface area (Å²) in [4.78, 5) is 14.4. The average Bonchev–Trinajstić information content (AvgIpc) is 2.56. The molecule has 0 bridgehead atoms. The zero-order chi connectivity index (χ0) is 16.2. The van der Waals surface area contributed by atoms with Gasteiger partial charge in [0.05, 0.1) is 6.61 Å². The fraction of sp³-hybridized carbons (Fsp3) is 0.350. The molecule has 0 atom stereocenters. The number of nitrogens with zero attached hydrogens (tertiary/aromatic N) is 1. The van der Waals surface area contributed by atoms with Gasteiger partial charge in [-0.15, -0.1) is 0 Å². The van der Waals surface area contributed by atoms with E-state index in [4.69, 9.17) is 4.74 Å². The van der Waals surface area contributed by atoms with Crippen molar-refractivity contribution in [2.75, 3.05) is 18.1 Å². The monoisotopic (exact) mass is 309 g/mol. The third-order valence-electron chi connectivity index (χ3n) is 4.39. The Hall–Kier alpha value is -2.13. The highest BCUT2D eigenvalue weighted by molar-refractivity contribution is 5.95. The van der Waals surface area contributed by atoms with Crippen LogP contribution in [0, 0.1) is 13.8 Å². The van der Waals surface area contributed by atoms with E-state index >= 15 is 0 Å². The fourth-order valence-electron chi connectivity index (χ4n) is 3.13. The second-order valence-corrected chi connectivity index (χ2v) is 6.20. The van der Waals surface area contributed by atoms with Gasteiger partial charge in [-0.05, 0) is 49.4 Å². The van der Waals surface area contributed by atoms with Crippen molar-refractivity contribution >= 4 is 11.6 Å². The number of rotatable bonds is 4. The van der Waals surface area contributed by atoms with Crippen molar-refractivity contribution in [3.8, 4) is 0 Å². The number of benzene rings is 2. The minimum Gasteiger partial charge on any atom is -0.367 e. The molecule has 1 aliphatic rings. The molecule has 2 aromatic rings. The van der Waals surface area contributed by atoms with E-state index in [1.807, 2.05) is 23.1 Å². The van der Waals surface area contributed by atoms with Crippen molar-refractivity contribution in [1.29, 1.82) is 0 Å². The molecule has 0 aliphatic carbocycles. The van der Waals surface area contributed by atoms with E-state index in [0.717, 1.165) is 30.6 Å². The molecule has 23 heavy (non-hydrogen) atoms. The van der Waals surface area contributed by atoms with Gasteiger partial charge in [0.15, 0.2) is 0 Å². The first kappa shape index (κ1) is 15.8. The summed E-state index contributed by atoms with van der Waals surface area (Å²) in [5.41, 5.74) is 5.89. The number of fused-ring (bicyclic) bond motifs is 1. The molecule has 3 rings (SSSR count). The quantitative estimate of drug-likeness (QED) is 0.860. The normalized spacial score (nSPS) is 13.7. The van der Waals surface area contributed by atoms with Gasteiger partial charge in [-0.1, -0.05) is 42.0 Å². The third-order valence-corrected chi connectivity index (χ3v) is 4.39. The molecule has 1 amide bonds. The minimum atomic E-state index is 0.0434. The van der Waals surface area contributed by atoms with Gasteiger partial charge in [0.25, 0.3) is 5.91 Å². The van der Waals surface area contributed by atoms with E-state index in [-0.39, 0.29) is 12.5 Å². The zero-order valence-electron chi connectivity index (χ0n) is 13.8. The molecule has 3 heteroatoms. The Balaban J connectivity index is 1.60. The number of carbonyl (C=O) groups excluding carboxylic acids is 1. The molecule has 0 aromatic heterocycles. The van der Waals surface area contributed by atoms with Gasteiger partial charge in [0.1, 0.15) is 6.61 Å². The lowest BCUT2D eigenvalue weighted by Gasteiger charge is -2.29. The predicted octanol–water partition coefficient (Wildman–Crippen LogP) is 3.80. The van der Waals surface area contributed by atoms with E-state index in [1.165, 1.54) is 16.7 Å². The van der Waals surface area contributed by atoms with Crippen molar-refractivity contribution in [2.24, 2.45) is 0 Å². The maximum atomic E-state index is 12.5.